The summed E-state index contributed by atoms with van der Waals surface area (Å²) in [5.41, 5.74) is 2.28. The highest BCUT2D eigenvalue weighted by Gasteiger charge is 2.30. The molecule has 4 N–H and O–H groups in total. The second-order valence-corrected chi connectivity index (χ2v) is 9.34. The van der Waals surface area contributed by atoms with Gasteiger partial charge in [0.05, 0.1) is 11.8 Å². The molecule has 198 valence electrons. The third-order valence-electron chi connectivity index (χ3n) is 6.43. The summed E-state index contributed by atoms with van der Waals surface area (Å²) in [5, 5.41) is 15.7. The number of fused-ring (bicyclic) bond motifs is 1. The van der Waals surface area contributed by atoms with Crippen molar-refractivity contribution in [3.63, 3.8) is 0 Å². The van der Waals surface area contributed by atoms with Gasteiger partial charge in [-0.15, -0.1) is 0 Å². The van der Waals surface area contributed by atoms with Crippen LogP contribution in [0.5, 0.6) is 0 Å². The largest absolute Gasteiger partial charge is 0.416 e. The molecule has 0 radical (unpaired) electrons. The van der Waals surface area contributed by atoms with Crippen LogP contribution in [0.25, 0.3) is 22.9 Å². The van der Waals surface area contributed by atoms with Crippen LogP contribution < -0.4 is 21.3 Å². The van der Waals surface area contributed by atoms with Gasteiger partial charge >= 0.3 is 12.2 Å². The Hall–Kier alpha value is -4.87. The highest BCUT2D eigenvalue weighted by atomic mass is 19.4. The van der Waals surface area contributed by atoms with Gasteiger partial charge in [-0.2, -0.15) is 22.8 Å². The smallest absolute Gasteiger partial charge is 0.367 e. The maximum Gasteiger partial charge on any atom is 0.416 e. The van der Waals surface area contributed by atoms with Crippen molar-refractivity contribution in [1.82, 2.24) is 25.2 Å². The maximum atomic E-state index is 13.3. The minimum absolute atomic E-state index is 0.0850. The van der Waals surface area contributed by atoms with E-state index in [1.807, 2.05) is 18.2 Å². The fraction of sp³-hybridized carbons (Fsp3) is 0.185. The number of carbonyl (C=O) groups is 2. The minimum Gasteiger partial charge on any atom is -0.367 e. The molecule has 0 atom stereocenters. The number of carbonyl (C=O) groups excluding carboxylic acids is 2. The van der Waals surface area contributed by atoms with Crippen LogP contribution in [0, 0.1) is 0 Å². The Morgan fingerprint density at radius 2 is 1.87 bits per heavy atom. The molecular weight excluding hydrogens is 511 g/mol. The average Bonchev–Trinajstić information content (AvgIpc) is 3.55. The number of benzene rings is 2. The number of nitrogens with one attached hydrogen (secondary N) is 4. The molecule has 2 aromatic carbocycles. The first-order chi connectivity index (χ1) is 18.7. The Morgan fingerprint density at radius 3 is 2.62 bits per heavy atom. The van der Waals surface area contributed by atoms with Gasteiger partial charge in [0.15, 0.2) is 5.65 Å². The molecule has 9 nitrogen and oxygen atoms in total. The van der Waals surface area contributed by atoms with Crippen LogP contribution in [0.1, 0.15) is 29.5 Å². The van der Waals surface area contributed by atoms with Crippen molar-refractivity contribution in [1.29, 1.82) is 0 Å². The highest BCUT2D eigenvalue weighted by molar-refractivity contribution is 6.14. The zero-order chi connectivity index (χ0) is 27.1. The van der Waals surface area contributed by atoms with E-state index in [2.05, 4.69) is 31.3 Å². The summed E-state index contributed by atoms with van der Waals surface area (Å²) in [6.45, 7) is 0.293. The maximum absolute atomic E-state index is 13.3. The van der Waals surface area contributed by atoms with Crippen molar-refractivity contribution >= 4 is 35.3 Å². The lowest BCUT2D eigenvalue weighted by Crippen LogP contribution is -2.22. The first kappa shape index (κ1) is 24.5. The minimum atomic E-state index is -4.44. The quantitative estimate of drug-likeness (QED) is 0.201. The molecule has 2 fully saturated rings. The van der Waals surface area contributed by atoms with E-state index in [-0.39, 0.29) is 5.70 Å². The Balaban J connectivity index is 1.33. The third kappa shape index (κ3) is 5.13. The van der Waals surface area contributed by atoms with Crippen LogP contribution in [0.15, 0.2) is 66.5 Å². The second-order valence-electron chi connectivity index (χ2n) is 9.34. The molecule has 2 aliphatic rings. The molecule has 6 rings (SSSR count). The van der Waals surface area contributed by atoms with Crippen LogP contribution in [-0.2, 0) is 17.5 Å². The average molecular weight is 534 g/mol. The predicted octanol–water partition coefficient (Wildman–Crippen LogP) is 4.78. The van der Waals surface area contributed by atoms with E-state index in [1.54, 1.807) is 28.9 Å². The molecule has 1 saturated carbocycles. The number of alkyl halides is 3. The van der Waals surface area contributed by atoms with Gasteiger partial charge in [0.1, 0.15) is 17.3 Å². The van der Waals surface area contributed by atoms with Gasteiger partial charge < -0.3 is 16.0 Å². The van der Waals surface area contributed by atoms with Crippen LogP contribution in [0.4, 0.5) is 29.6 Å². The van der Waals surface area contributed by atoms with Gasteiger partial charge in [-0.25, -0.2) is 9.78 Å². The van der Waals surface area contributed by atoms with Crippen LogP contribution in [0.2, 0.25) is 0 Å². The number of hydrogen-bond acceptors (Lipinski definition) is 6. The van der Waals surface area contributed by atoms with Crippen molar-refractivity contribution in [2.75, 3.05) is 10.6 Å². The third-order valence-corrected chi connectivity index (χ3v) is 6.43. The molecule has 0 unspecified atom stereocenters. The van der Waals surface area contributed by atoms with E-state index in [4.69, 9.17) is 0 Å². The van der Waals surface area contributed by atoms with Crippen molar-refractivity contribution in [3.8, 4) is 11.1 Å². The van der Waals surface area contributed by atoms with Crippen LogP contribution in [-0.4, -0.2) is 32.6 Å². The zero-order valence-electron chi connectivity index (χ0n) is 20.3. The molecule has 4 aromatic rings. The van der Waals surface area contributed by atoms with E-state index in [0.29, 0.717) is 46.6 Å². The SMILES string of the molecule is O=C1NC(=O)C(=Cc2cnn3c(NC4CC4)cc(NCc4ccccc4-c4cccc(C(F)(F)F)c4)nc23)N1. The Labute approximate surface area is 220 Å². The fourth-order valence-electron chi connectivity index (χ4n) is 4.35. The summed E-state index contributed by atoms with van der Waals surface area (Å²) in [4.78, 5) is 28.2. The standard InChI is InChI=1S/C27H22F3N7O2/c28-27(29,30)18-6-3-5-15(10-18)20-7-2-1-4-16(20)13-31-22-12-23(33-19-8-9-19)37-24(35-22)17(14-32-37)11-21-25(38)36-26(39)34-21/h1-7,10-12,14,19,33H,8-9,13H2,(H,31,35)(H2,34,36,38,39). The summed E-state index contributed by atoms with van der Waals surface area (Å²) in [6, 6.07) is 14.0. The lowest BCUT2D eigenvalue weighted by atomic mass is 9.98. The molecule has 2 aromatic heterocycles. The molecule has 1 aliphatic heterocycles. The highest BCUT2D eigenvalue weighted by Crippen LogP contribution is 2.33. The number of rotatable bonds is 7. The normalized spacial score (nSPS) is 16.4. The number of aromatic nitrogens is 3. The molecule has 3 amide bonds. The van der Waals surface area contributed by atoms with Gasteiger partial charge in [-0.05, 0) is 47.7 Å². The molecule has 12 heteroatoms. The monoisotopic (exact) mass is 533 g/mol. The Morgan fingerprint density at radius 1 is 1.05 bits per heavy atom. The van der Waals surface area contributed by atoms with Crippen LogP contribution >= 0.6 is 0 Å². The summed E-state index contributed by atoms with van der Waals surface area (Å²) in [7, 11) is 0. The van der Waals surface area contributed by atoms with Crippen molar-refractivity contribution < 1.29 is 22.8 Å². The summed E-state index contributed by atoms with van der Waals surface area (Å²) in [5.74, 6) is 0.654. The van der Waals surface area contributed by atoms with E-state index in [0.717, 1.165) is 30.5 Å². The molecule has 1 saturated heterocycles. The number of hydrogen-bond donors (Lipinski definition) is 4. The lowest BCUT2D eigenvalue weighted by molar-refractivity contribution is -0.137. The van der Waals surface area contributed by atoms with Gasteiger partial charge in [0.25, 0.3) is 5.91 Å². The number of nitrogens with zero attached hydrogens (tertiary/aromatic N) is 3. The van der Waals surface area contributed by atoms with Gasteiger partial charge in [-0.1, -0.05) is 36.4 Å². The summed E-state index contributed by atoms with van der Waals surface area (Å²) < 4.78 is 41.6. The number of amides is 3. The predicted molar refractivity (Wildman–Crippen MR) is 138 cm³/mol. The lowest BCUT2D eigenvalue weighted by Gasteiger charge is -2.15. The first-order valence-corrected chi connectivity index (χ1v) is 12.2. The topological polar surface area (TPSA) is 112 Å². The van der Waals surface area contributed by atoms with E-state index in [1.165, 1.54) is 12.1 Å². The Kier molecular flexibility index (Phi) is 5.93. The summed E-state index contributed by atoms with van der Waals surface area (Å²) in [6.07, 6.45) is 0.678. The number of imide groups is 1. The van der Waals surface area contributed by atoms with Crippen molar-refractivity contribution in [2.24, 2.45) is 0 Å². The van der Waals surface area contributed by atoms with Gasteiger partial charge in [0.2, 0.25) is 0 Å². The molecule has 0 bridgehead atoms. The number of anilines is 2. The van der Waals surface area contributed by atoms with E-state index in [9.17, 15) is 22.8 Å². The first-order valence-electron chi connectivity index (χ1n) is 12.2. The van der Waals surface area contributed by atoms with Crippen molar-refractivity contribution in [3.05, 3.63) is 83.2 Å². The summed E-state index contributed by atoms with van der Waals surface area (Å²) >= 11 is 0. The zero-order valence-corrected chi connectivity index (χ0v) is 20.3. The van der Waals surface area contributed by atoms with Gasteiger partial charge in [0, 0.05) is 24.2 Å². The van der Waals surface area contributed by atoms with Crippen LogP contribution in [0.3, 0.4) is 0 Å². The number of halogens is 3. The molecule has 3 heterocycles. The van der Waals surface area contributed by atoms with Gasteiger partial charge in [-0.3, -0.25) is 10.1 Å². The molecule has 39 heavy (non-hydrogen) atoms. The second kappa shape index (κ2) is 9.46. The molecule has 0 spiro atoms. The van der Waals surface area contributed by atoms with E-state index < -0.39 is 23.7 Å². The Bertz CT molecular complexity index is 1640. The molecule has 1 aliphatic carbocycles. The molecular formula is C27H22F3N7O2. The van der Waals surface area contributed by atoms with E-state index >= 15 is 0 Å². The van der Waals surface area contributed by atoms with Crippen molar-refractivity contribution in [2.45, 2.75) is 31.6 Å². The fourth-order valence-corrected chi connectivity index (χ4v) is 4.35. The number of urea groups is 1.